The standard InChI is InChI=1S/C23H36N3O6/c1-4-25-13-9-8-12-21(25)18-26(19(2)27)23(29)32-17-15-30-14-16-31-22(28)24(3)20-10-6-5-7-11-20/h8-9,12-13,20H,4-7,10-11,14-18H2,1-3H3/q+1. The van der Waals surface area contributed by atoms with Gasteiger partial charge in [-0.2, -0.15) is 0 Å². The Morgan fingerprint density at radius 1 is 1.00 bits per heavy atom. The Morgan fingerprint density at radius 3 is 2.28 bits per heavy atom. The minimum absolute atomic E-state index is 0.00110. The van der Waals surface area contributed by atoms with Crippen LogP contribution >= 0.6 is 0 Å². The Bertz CT molecular complexity index is 751. The summed E-state index contributed by atoms with van der Waals surface area (Å²) in [7, 11) is 1.77. The lowest BCUT2D eigenvalue weighted by atomic mass is 9.95. The van der Waals surface area contributed by atoms with Crippen molar-refractivity contribution in [3.8, 4) is 0 Å². The van der Waals surface area contributed by atoms with Crippen LogP contribution in [0.2, 0.25) is 0 Å². The number of rotatable bonds is 10. The molecule has 0 N–H and O–H groups in total. The molecule has 1 aromatic rings. The van der Waals surface area contributed by atoms with Crippen molar-refractivity contribution in [2.75, 3.05) is 33.5 Å². The average molecular weight is 451 g/mol. The number of carbonyl (C=O) groups excluding carboxylic acids is 3. The molecule has 1 fully saturated rings. The highest BCUT2D eigenvalue weighted by atomic mass is 16.6. The number of aryl methyl sites for hydroxylation is 1. The molecule has 1 aliphatic carbocycles. The Hall–Kier alpha value is -2.68. The molecule has 0 aliphatic heterocycles. The van der Waals surface area contributed by atoms with Gasteiger partial charge in [0, 0.05) is 32.1 Å². The zero-order valence-electron chi connectivity index (χ0n) is 19.5. The first-order chi connectivity index (χ1) is 15.4. The van der Waals surface area contributed by atoms with Crippen molar-refractivity contribution in [1.82, 2.24) is 9.80 Å². The van der Waals surface area contributed by atoms with Gasteiger partial charge >= 0.3 is 12.2 Å². The maximum absolute atomic E-state index is 12.3. The zero-order valence-corrected chi connectivity index (χ0v) is 19.5. The summed E-state index contributed by atoms with van der Waals surface area (Å²) < 4.78 is 17.7. The van der Waals surface area contributed by atoms with E-state index in [1.54, 1.807) is 11.9 Å². The van der Waals surface area contributed by atoms with Gasteiger partial charge in [0.2, 0.25) is 11.6 Å². The van der Waals surface area contributed by atoms with Gasteiger partial charge in [-0.3, -0.25) is 4.79 Å². The fourth-order valence-corrected chi connectivity index (χ4v) is 3.71. The molecule has 0 atom stereocenters. The van der Waals surface area contributed by atoms with E-state index in [4.69, 9.17) is 14.2 Å². The van der Waals surface area contributed by atoms with Crippen LogP contribution in [0.15, 0.2) is 24.4 Å². The van der Waals surface area contributed by atoms with Crippen LogP contribution in [-0.2, 0) is 32.1 Å². The van der Waals surface area contributed by atoms with E-state index in [0.717, 1.165) is 42.8 Å². The first kappa shape index (κ1) is 25.6. The van der Waals surface area contributed by atoms with E-state index in [-0.39, 0.29) is 45.1 Å². The molecule has 1 aliphatic rings. The van der Waals surface area contributed by atoms with Crippen LogP contribution in [0.3, 0.4) is 0 Å². The number of hydrogen-bond acceptors (Lipinski definition) is 6. The summed E-state index contributed by atoms with van der Waals surface area (Å²) in [5, 5.41) is 0. The van der Waals surface area contributed by atoms with Crippen molar-refractivity contribution in [2.24, 2.45) is 0 Å². The molecule has 2 rings (SSSR count). The molecule has 0 unspecified atom stereocenters. The third kappa shape index (κ3) is 8.11. The summed E-state index contributed by atoms with van der Waals surface area (Å²) in [4.78, 5) is 39.1. The third-order valence-electron chi connectivity index (χ3n) is 5.61. The molecule has 3 amide bonds. The number of imide groups is 1. The maximum atomic E-state index is 12.3. The Morgan fingerprint density at radius 2 is 1.66 bits per heavy atom. The van der Waals surface area contributed by atoms with Gasteiger partial charge in [-0.15, -0.1) is 0 Å². The highest BCUT2D eigenvalue weighted by Gasteiger charge is 2.24. The monoisotopic (exact) mass is 450 g/mol. The number of amides is 3. The predicted molar refractivity (Wildman–Crippen MR) is 117 cm³/mol. The van der Waals surface area contributed by atoms with Gasteiger partial charge in [-0.1, -0.05) is 25.3 Å². The summed E-state index contributed by atoms with van der Waals surface area (Å²) in [5.74, 6) is -0.392. The molecule has 178 valence electrons. The average Bonchev–Trinajstić information content (AvgIpc) is 2.81. The Balaban J connectivity index is 1.64. The van der Waals surface area contributed by atoms with Crippen molar-refractivity contribution in [2.45, 2.75) is 65.1 Å². The minimum Gasteiger partial charge on any atom is -0.447 e. The first-order valence-corrected chi connectivity index (χ1v) is 11.3. The van der Waals surface area contributed by atoms with Crippen molar-refractivity contribution < 1.29 is 33.2 Å². The lowest BCUT2D eigenvalue weighted by Gasteiger charge is -2.30. The number of carbonyl (C=O) groups is 3. The van der Waals surface area contributed by atoms with Crippen molar-refractivity contribution >= 4 is 18.1 Å². The molecule has 9 nitrogen and oxygen atoms in total. The van der Waals surface area contributed by atoms with Crippen LogP contribution in [0.5, 0.6) is 0 Å². The summed E-state index contributed by atoms with van der Waals surface area (Å²) in [6, 6.07) is 5.87. The smallest absolute Gasteiger partial charge is 0.417 e. The lowest BCUT2D eigenvalue weighted by Crippen LogP contribution is -2.43. The summed E-state index contributed by atoms with van der Waals surface area (Å²) >= 11 is 0. The largest absolute Gasteiger partial charge is 0.447 e. The molecule has 9 heteroatoms. The molecule has 1 heterocycles. The van der Waals surface area contributed by atoms with Crippen molar-refractivity contribution in [3.63, 3.8) is 0 Å². The van der Waals surface area contributed by atoms with Gasteiger partial charge in [-0.25, -0.2) is 19.1 Å². The lowest BCUT2D eigenvalue weighted by molar-refractivity contribution is -0.701. The van der Waals surface area contributed by atoms with Gasteiger partial charge in [0.25, 0.3) is 0 Å². The fourth-order valence-electron chi connectivity index (χ4n) is 3.71. The van der Waals surface area contributed by atoms with E-state index in [1.807, 2.05) is 35.9 Å². The van der Waals surface area contributed by atoms with E-state index >= 15 is 0 Å². The second-order valence-corrected chi connectivity index (χ2v) is 7.83. The number of aromatic nitrogens is 1. The van der Waals surface area contributed by atoms with Crippen LogP contribution in [0.25, 0.3) is 0 Å². The second kappa shape index (κ2) is 13.7. The van der Waals surface area contributed by atoms with Crippen LogP contribution in [0.1, 0.15) is 51.6 Å². The molecule has 0 spiro atoms. The fraction of sp³-hybridized carbons (Fsp3) is 0.652. The van der Waals surface area contributed by atoms with Crippen LogP contribution < -0.4 is 4.57 Å². The van der Waals surface area contributed by atoms with Gasteiger partial charge in [0.1, 0.15) is 26.3 Å². The molecule has 1 saturated carbocycles. The molecule has 0 aromatic carbocycles. The van der Waals surface area contributed by atoms with Crippen LogP contribution in [0.4, 0.5) is 9.59 Å². The van der Waals surface area contributed by atoms with Gasteiger partial charge < -0.3 is 19.1 Å². The third-order valence-corrected chi connectivity index (χ3v) is 5.61. The Kier molecular flexibility index (Phi) is 10.9. The molecule has 0 radical (unpaired) electrons. The maximum Gasteiger partial charge on any atom is 0.417 e. The number of pyridine rings is 1. The minimum atomic E-state index is -0.715. The van der Waals surface area contributed by atoms with Crippen LogP contribution in [0, 0.1) is 0 Å². The van der Waals surface area contributed by atoms with Crippen molar-refractivity contribution in [3.05, 3.63) is 30.1 Å². The molecule has 1 aromatic heterocycles. The first-order valence-electron chi connectivity index (χ1n) is 11.3. The quantitative estimate of drug-likeness (QED) is 0.402. The predicted octanol–water partition coefficient (Wildman–Crippen LogP) is 2.90. The highest BCUT2D eigenvalue weighted by Crippen LogP contribution is 2.21. The molecular weight excluding hydrogens is 414 g/mol. The number of hydrogen-bond donors (Lipinski definition) is 0. The number of ether oxygens (including phenoxy) is 3. The van der Waals surface area contributed by atoms with E-state index in [9.17, 15) is 14.4 Å². The van der Waals surface area contributed by atoms with Crippen LogP contribution in [-0.4, -0.2) is 67.4 Å². The molecule has 0 bridgehead atoms. The second-order valence-electron chi connectivity index (χ2n) is 7.83. The zero-order chi connectivity index (χ0) is 23.3. The van der Waals surface area contributed by atoms with Crippen molar-refractivity contribution in [1.29, 1.82) is 0 Å². The van der Waals surface area contributed by atoms with Gasteiger partial charge in [-0.05, 0) is 19.8 Å². The van der Waals surface area contributed by atoms with E-state index in [1.165, 1.54) is 13.3 Å². The van der Waals surface area contributed by atoms with Gasteiger partial charge in [0.15, 0.2) is 6.20 Å². The molecule has 32 heavy (non-hydrogen) atoms. The van der Waals surface area contributed by atoms with Gasteiger partial charge in [0.05, 0.1) is 13.2 Å². The highest BCUT2D eigenvalue weighted by molar-refractivity contribution is 5.90. The summed E-state index contributed by atoms with van der Waals surface area (Å²) in [5.41, 5.74) is 0.832. The summed E-state index contributed by atoms with van der Waals surface area (Å²) in [6.45, 7) is 4.67. The Labute approximate surface area is 190 Å². The number of nitrogens with zero attached hydrogens (tertiary/aromatic N) is 3. The van der Waals surface area contributed by atoms with E-state index in [2.05, 4.69) is 0 Å². The normalized spacial score (nSPS) is 14.0. The summed E-state index contributed by atoms with van der Waals surface area (Å²) in [6.07, 6.45) is 6.41. The van der Waals surface area contributed by atoms with E-state index in [0.29, 0.717) is 0 Å². The topological polar surface area (TPSA) is 89.3 Å². The SMILES string of the molecule is CC[n+]1ccccc1CN(C(C)=O)C(=O)OCCOCCOC(=O)N(C)C1CCCCC1. The molecular formula is C23H36N3O6+. The molecule has 0 saturated heterocycles. The van der Waals surface area contributed by atoms with E-state index < -0.39 is 12.0 Å².